The SMILES string of the molecule is O=C(C1CC1)N1CCC(n2cc(Oc3nc4cnccc4c(=O)[nH]3)cn2)CC1. The maximum absolute atomic E-state index is 12.2. The first kappa shape index (κ1) is 16.9. The molecule has 5 rings (SSSR count). The highest BCUT2D eigenvalue weighted by Gasteiger charge is 2.35. The van der Waals surface area contributed by atoms with Gasteiger partial charge in [0.25, 0.3) is 5.56 Å². The second kappa shape index (κ2) is 6.74. The van der Waals surface area contributed by atoms with Crippen molar-refractivity contribution in [3.63, 3.8) is 0 Å². The molecule has 0 atom stereocenters. The zero-order valence-corrected chi connectivity index (χ0v) is 15.2. The molecule has 1 N–H and O–H groups in total. The topological polar surface area (TPSA) is 106 Å². The third kappa shape index (κ3) is 3.23. The van der Waals surface area contributed by atoms with Gasteiger partial charge in [0.05, 0.1) is 35.5 Å². The fraction of sp³-hybridized carbons (Fsp3) is 0.421. The Morgan fingerprint density at radius 3 is 2.79 bits per heavy atom. The first-order valence-corrected chi connectivity index (χ1v) is 9.52. The van der Waals surface area contributed by atoms with Crippen molar-refractivity contribution in [1.29, 1.82) is 0 Å². The minimum absolute atomic E-state index is 0.106. The van der Waals surface area contributed by atoms with Crippen LogP contribution in [0.1, 0.15) is 31.7 Å². The molecule has 1 aliphatic heterocycles. The van der Waals surface area contributed by atoms with Gasteiger partial charge in [-0.15, -0.1) is 0 Å². The lowest BCUT2D eigenvalue weighted by atomic mass is 10.0. The molecule has 0 unspecified atom stereocenters. The lowest BCUT2D eigenvalue weighted by molar-refractivity contribution is -0.133. The molecular formula is C19H20N6O3. The molecule has 2 fully saturated rings. The Kier molecular flexibility index (Phi) is 4.07. The van der Waals surface area contributed by atoms with Crippen LogP contribution < -0.4 is 10.3 Å². The van der Waals surface area contributed by atoms with E-state index < -0.39 is 0 Å². The van der Waals surface area contributed by atoms with Gasteiger partial charge in [0.1, 0.15) is 0 Å². The number of aromatic nitrogens is 5. The number of pyridine rings is 1. The number of hydrogen-bond donors (Lipinski definition) is 1. The van der Waals surface area contributed by atoms with Gasteiger partial charge in [-0.3, -0.25) is 24.2 Å². The van der Waals surface area contributed by atoms with Crippen LogP contribution in [0.2, 0.25) is 0 Å². The van der Waals surface area contributed by atoms with Crippen LogP contribution in [0.25, 0.3) is 10.9 Å². The first-order chi connectivity index (χ1) is 13.7. The number of ether oxygens (including phenoxy) is 1. The average molecular weight is 380 g/mol. The van der Waals surface area contributed by atoms with E-state index in [4.69, 9.17) is 4.74 Å². The molecule has 2 aliphatic rings. The number of nitrogens with one attached hydrogen (secondary N) is 1. The number of fused-ring (bicyclic) bond motifs is 1. The smallest absolute Gasteiger partial charge is 0.302 e. The van der Waals surface area contributed by atoms with Crippen molar-refractivity contribution in [2.75, 3.05) is 13.1 Å². The number of likely N-dealkylation sites (tertiary alicyclic amines) is 1. The number of H-pyrrole nitrogens is 1. The number of carbonyl (C=O) groups excluding carboxylic acids is 1. The molecule has 0 aromatic carbocycles. The third-order valence-electron chi connectivity index (χ3n) is 5.36. The largest absolute Gasteiger partial charge is 0.422 e. The van der Waals surface area contributed by atoms with E-state index in [1.165, 1.54) is 6.20 Å². The molecule has 1 saturated carbocycles. The van der Waals surface area contributed by atoms with Crippen molar-refractivity contribution in [1.82, 2.24) is 29.6 Å². The molecule has 0 spiro atoms. The molecule has 1 saturated heterocycles. The lowest BCUT2D eigenvalue weighted by Crippen LogP contribution is -2.39. The Balaban J connectivity index is 1.27. The monoisotopic (exact) mass is 380 g/mol. The van der Waals surface area contributed by atoms with Crippen LogP contribution in [0, 0.1) is 5.92 Å². The number of piperidine rings is 1. The number of carbonyl (C=O) groups is 1. The lowest BCUT2D eigenvalue weighted by Gasteiger charge is -2.32. The van der Waals surface area contributed by atoms with Gasteiger partial charge in [0.2, 0.25) is 5.91 Å². The second-order valence-corrected chi connectivity index (χ2v) is 7.35. The zero-order valence-electron chi connectivity index (χ0n) is 15.2. The molecule has 3 aromatic heterocycles. The summed E-state index contributed by atoms with van der Waals surface area (Å²) in [6.07, 6.45) is 10.3. The normalized spacial score (nSPS) is 17.8. The fourth-order valence-corrected chi connectivity index (χ4v) is 3.64. The van der Waals surface area contributed by atoms with Crippen LogP contribution in [-0.4, -0.2) is 48.6 Å². The molecule has 0 radical (unpaired) electrons. The number of rotatable bonds is 4. The van der Waals surface area contributed by atoms with E-state index in [1.807, 2.05) is 9.58 Å². The van der Waals surface area contributed by atoms with Gasteiger partial charge in [0, 0.05) is 25.2 Å². The Bertz CT molecular complexity index is 1080. The summed E-state index contributed by atoms with van der Waals surface area (Å²) in [5.41, 5.74) is 0.198. The summed E-state index contributed by atoms with van der Waals surface area (Å²) in [6.45, 7) is 1.53. The Labute approximate surface area is 160 Å². The molecule has 144 valence electrons. The number of nitrogens with zero attached hydrogens (tertiary/aromatic N) is 5. The van der Waals surface area contributed by atoms with Crippen molar-refractivity contribution in [2.24, 2.45) is 5.92 Å². The molecule has 9 nitrogen and oxygen atoms in total. The van der Waals surface area contributed by atoms with E-state index >= 15 is 0 Å². The van der Waals surface area contributed by atoms with Crippen molar-refractivity contribution in [2.45, 2.75) is 31.7 Å². The van der Waals surface area contributed by atoms with Gasteiger partial charge >= 0.3 is 6.01 Å². The molecule has 28 heavy (non-hydrogen) atoms. The standard InChI is InChI=1S/C19H20N6O3/c26-17-15-3-6-20-10-16(15)22-19(23-17)28-14-9-21-25(11-14)13-4-7-24(8-5-13)18(27)12-1-2-12/h3,6,9-13H,1-2,4-5,7-8H2,(H,22,23,26). The van der Waals surface area contributed by atoms with Crippen LogP contribution in [0.15, 0.2) is 35.6 Å². The molecule has 9 heteroatoms. The summed E-state index contributed by atoms with van der Waals surface area (Å²) in [5, 5.41) is 4.86. The van der Waals surface area contributed by atoms with Crippen molar-refractivity contribution < 1.29 is 9.53 Å². The predicted molar refractivity (Wildman–Crippen MR) is 100 cm³/mol. The highest BCUT2D eigenvalue weighted by molar-refractivity contribution is 5.81. The highest BCUT2D eigenvalue weighted by atomic mass is 16.5. The molecule has 3 aromatic rings. The quantitative estimate of drug-likeness (QED) is 0.741. The molecule has 4 heterocycles. The molecular weight excluding hydrogens is 360 g/mol. The van der Waals surface area contributed by atoms with Gasteiger partial charge in [0.15, 0.2) is 5.75 Å². The zero-order chi connectivity index (χ0) is 19.1. The van der Waals surface area contributed by atoms with Gasteiger partial charge < -0.3 is 9.64 Å². The van der Waals surface area contributed by atoms with Crippen molar-refractivity contribution >= 4 is 16.8 Å². The number of amides is 1. The average Bonchev–Trinajstić information content (AvgIpc) is 3.47. The maximum atomic E-state index is 12.2. The Hall–Kier alpha value is -3.23. The van der Waals surface area contributed by atoms with E-state index in [1.54, 1.807) is 24.7 Å². The van der Waals surface area contributed by atoms with Crippen molar-refractivity contribution in [3.8, 4) is 11.8 Å². The van der Waals surface area contributed by atoms with E-state index in [-0.39, 0.29) is 23.5 Å². The van der Waals surface area contributed by atoms with Gasteiger partial charge in [-0.05, 0) is 31.7 Å². The summed E-state index contributed by atoms with van der Waals surface area (Å²) in [4.78, 5) is 37.2. The predicted octanol–water partition coefficient (Wildman–Crippen LogP) is 1.88. The van der Waals surface area contributed by atoms with Crippen LogP contribution in [-0.2, 0) is 4.79 Å². The van der Waals surface area contributed by atoms with E-state index in [0.29, 0.717) is 22.6 Å². The van der Waals surface area contributed by atoms with E-state index in [9.17, 15) is 9.59 Å². The van der Waals surface area contributed by atoms with Gasteiger partial charge in [-0.1, -0.05) is 0 Å². The number of hydrogen-bond acceptors (Lipinski definition) is 6. The van der Waals surface area contributed by atoms with E-state index in [2.05, 4.69) is 20.1 Å². The van der Waals surface area contributed by atoms with Gasteiger partial charge in [-0.25, -0.2) is 0 Å². The third-order valence-corrected chi connectivity index (χ3v) is 5.36. The minimum Gasteiger partial charge on any atom is -0.422 e. The van der Waals surface area contributed by atoms with Crippen LogP contribution in [0.5, 0.6) is 11.8 Å². The summed E-state index contributed by atoms with van der Waals surface area (Å²) in [7, 11) is 0. The highest BCUT2D eigenvalue weighted by Crippen LogP contribution is 2.33. The van der Waals surface area contributed by atoms with E-state index in [0.717, 1.165) is 38.8 Å². The van der Waals surface area contributed by atoms with Crippen molar-refractivity contribution in [3.05, 3.63) is 41.2 Å². The van der Waals surface area contributed by atoms with Crippen LogP contribution in [0.3, 0.4) is 0 Å². The Morgan fingerprint density at radius 1 is 1.18 bits per heavy atom. The fourth-order valence-electron chi connectivity index (χ4n) is 3.64. The summed E-state index contributed by atoms with van der Waals surface area (Å²) in [6, 6.07) is 1.95. The summed E-state index contributed by atoms with van der Waals surface area (Å²) >= 11 is 0. The second-order valence-electron chi connectivity index (χ2n) is 7.35. The summed E-state index contributed by atoms with van der Waals surface area (Å²) in [5.74, 6) is 1.08. The van der Waals surface area contributed by atoms with Gasteiger partial charge in [-0.2, -0.15) is 10.1 Å². The first-order valence-electron chi connectivity index (χ1n) is 9.52. The molecule has 1 amide bonds. The maximum Gasteiger partial charge on any atom is 0.302 e. The van der Waals surface area contributed by atoms with Crippen LogP contribution in [0.4, 0.5) is 0 Å². The number of aromatic amines is 1. The minimum atomic E-state index is -0.275. The Morgan fingerprint density at radius 2 is 2.00 bits per heavy atom. The summed E-state index contributed by atoms with van der Waals surface area (Å²) < 4.78 is 7.57. The molecule has 0 bridgehead atoms. The molecule has 1 aliphatic carbocycles. The van der Waals surface area contributed by atoms with Crippen LogP contribution >= 0.6 is 0 Å².